The largest absolute Gasteiger partial charge is 0.339 e. The monoisotopic (exact) mass is 192 g/mol. The minimum atomic E-state index is 0.283. The standard InChI is InChI=1S/C11H16N2O/c1-7(2)10-4-11(5-10,6-10)9-12-8(3)13-14-9/h7H,4-6H2,1-3H3. The van der Waals surface area contributed by atoms with Crippen LogP contribution in [0.25, 0.3) is 0 Å². The second-order valence-corrected chi connectivity index (χ2v) is 5.47. The molecule has 14 heavy (non-hydrogen) atoms. The van der Waals surface area contributed by atoms with Gasteiger partial charge in [0, 0.05) is 0 Å². The van der Waals surface area contributed by atoms with Crippen LogP contribution in [0.1, 0.15) is 44.8 Å². The van der Waals surface area contributed by atoms with Crippen molar-refractivity contribution in [2.75, 3.05) is 0 Å². The predicted octanol–water partition coefficient (Wildman–Crippen LogP) is 2.46. The maximum atomic E-state index is 5.27. The van der Waals surface area contributed by atoms with Crippen LogP contribution in [-0.4, -0.2) is 10.1 Å². The lowest BCUT2D eigenvalue weighted by atomic mass is 9.32. The van der Waals surface area contributed by atoms with Crippen molar-refractivity contribution in [2.24, 2.45) is 11.3 Å². The molecule has 0 saturated heterocycles. The van der Waals surface area contributed by atoms with E-state index >= 15 is 0 Å². The highest BCUT2D eigenvalue weighted by Gasteiger charge is 2.71. The average molecular weight is 192 g/mol. The average Bonchev–Trinajstić information content (AvgIpc) is 2.28. The van der Waals surface area contributed by atoms with Crippen LogP contribution >= 0.6 is 0 Å². The van der Waals surface area contributed by atoms with Gasteiger partial charge in [0.05, 0.1) is 5.41 Å². The van der Waals surface area contributed by atoms with E-state index in [-0.39, 0.29) is 5.41 Å². The summed E-state index contributed by atoms with van der Waals surface area (Å²) < 4.78 is 5.27. The first-order valence-corrected chi connectivity index (χ1v) is 5.37. The second-order valence-electron chi connectivity index (χ2n) is 5.47. The minimum absolute atomic E-state index is 0.283. The lowest BCUT2D eigenvalue weighted by Crippen LogP contribution is -2.66. The van der Waals surface area contributed by atoms with E-state index in [9.17, 15) is 0 Å². The Bertz CT molecular complexity index is 361. The van der Waals surface area contributed by atoms with Crippen LogP contribution in [0.3, 0.4) is 0 Å². The highest BCUT2D eigenvalue weighted by Crippen LogP contribution is 2.75. The Hall–Kier alpha value is -0.860. The molecule has 3 aliphatic rings. The SMILES string of the molecule is Cc1noc(C23CC(C(C)C)(C2)C3)n1. The molecular weight excluding hydrogens is 176 g/mol. The molecule has 1 aromatic heterocycles. The third-order valence-electron chi connectivity index (χ3n) is 4.28. The van der Waals surface area contributed by atoms with E-state index in [2.05, 4.69) is 24.0 Å². The first kappa shape index (κ1) is 8.45. The second kappa shape index (κ2) is 2.20. The van der Waals surface area contributed by atoms with Gasteiger partial charge in [-0.3, -0.25) is 0 Å². The van der Waals surface area contributed by atoms with E-state index < -0.39 is 0 Å². The Morgan fingerprint density at radius 2 is 1.93 bits per heavy atom. The Labute approximate surface area is 83.9 Å². The number of hydrogen-bond donors (Lipinski definition) is 0. The molecule has 0 radical (unpaired) electrons. The zero-order chi connectivity index (χ0) is 9.97. The molecule has 3 saturated carbocycles. The molecule has 0 aliphatic heterocycles. The summed E-state index contributed by atoms with van der Waals surface area (Å²) in [5.74, 6) is 2.45. The molecular formula is C11H16N2O. The number of hydrogen-bond acceptors (Lipinski definition) is 3. The molecule has 3 fully saturated rings. The van der Waals surface area contributed by atoms with Crippen molar-refractivity contribution in [3.63, 3.8) is 0 Å². The van der Waals surface area contributed by atoms with Crippen molar-refractivity contribution in [1.82, 2.24) is 10.1 Å². The maximum absolute atomic E-state index is 5.27. The van der Waals surface area contributed by atoms with Crippen molar-refractivity contribution >= 4 is 0 Å². The van der Waals surface area contributed by atoms with Gasteiger partial charge in [0.25, 0.3) is 0 Å². The Morgan fingerprint density at radius 3 is 2.36 bits per heavy atom. The lowest BCUT2D eigenvalue weighted by Gasteiger charge is -2.71. The van der Waals surface area contributed by atoms with E-state index in [4.69, 9.17) is 4.52 Å². The van der Waals surface area contributed by atoms with Gasteiger partial charge in [-0.2, -0.15) is 4.98 Å². The fourth-order valence-corrected chi connectivity index (χ4v) is 3.22. The van der Waals surface area contributed by atoms with Crippen LogP contribution in [0.2, 0.25) is 0 Å². The summed E-state index contributed by atoms with van der Waals surface area (Å²) in [7, 11) is 0. The molecule has 0 N–H and O–H groups in total. The molecule has 3 nitrogen and oxygen atoms in total. The Balaban J connectivity index is 1.81. The quantitative estimate of drug-likeness (QED) is 0.722. The van der Waals surface area contributed by atoms with E-state index in [0.717, 1.165) is 17.6 Å². The van der Waals surface area contributed by atoms with Gasteiger partial charge < -0.3 is 4.52 Å². The molecule has 3 aliphatic carbocycles. The molecule has 2 bridgehead atoms. The summed E-state index contributed by atoms with van der Waals surface area (Å²) in [5, 5.41) is 3.87. The van der Waals surface area contributed by atoms with Crippen molar-refractivity contribution < 1.29 is 4.52 Å². The van der Waals surface area contributed by atoms with Crippen molar-refractivity contribution in [3.8, 4) is 0 Å². The van der Waals surface area contributed by atoms with E-state index in [1.165, 1.54) is 19.3 Å². The van der Waals surface area contributed by atoms with Crippen LogP contribution in [-0.2, 0) is 5.41 Å². The highest BCUT2D eigenvalue weighted by molar-refractivity contribution is 5.29. The van der Waals surface area contributed by atoms with Gasteiger partial charge in [0.15, 0.2) is 5.82 Å². The van der Waals surface area contributed by atoms with Crippen molar-refractivity contribution in [1.29, 1.82) is 0 Å². The fourth-order valence-electron chi connectivity index (χ4n) is 3.22. The number of nitrogens with zero attached hydrogens (tertiary/aromatic N) is 2. The summed E-state index contributed by atoms with van der Waals surface area (Å²) >= 11 is 0. The first-order chi connectivity index (χ1) is 6.56. The van der Waals surface area contributed by atoms with E-state index in [0.29, 0.717) is 5.41 Å². The van der Waals surface area contributed by atoms with Crippen LogP contribution < -0.4 is 0 Å². The van der Waals surface area contributed by atoms with Gasteiger partial charge in [-0.1, -0.05) is 19.0 Å². The Morgan fingerprint density at radius 1 is 1.29 bits per heavy atom. The van der Waals surface area contributed by atoms with Crippen LogP contribution in [0.15, 0.2) is 4.52 Å². The summed E-state index contributed by atoms with van der Waals surface area (Å²) in [6.07, 6.45) is 3.79. The van der Waals surface area contributed by atoms with Crippen molar-refractivity contribution in [2.45, 2.75) is 45.4 Å². The number of aryl methyl sites for hydroxylation is 1. The van der Waals surface area contributed by atoms with Gasteiger partial charge in [-0.25, -0.2) is 0 Å². The lowest BCUT2D eigenvalue weighted by molar-refractivity contribution is -0.185. The predicted molar refractivity (Wildman–Crippen MR) is 51.8 cm³/mol. The molecule has 0 aromatic carbocycles. The fraction of sp³-hybridized carbons (Fsp3) is 0.818. The molecule has 1 heterocycles. The Kier molecular flexibility index (Phi) is 1.33. The summed E-state index contributed by atoms with van der Waals surface area (Å²) in [5.41, 5.74) is 0.897. The normalized spacial score (nSPS) is 39.4. The summed E-state index contributed by atoms with van der Waals surface area (Å²) in [6.45, 7) is 6.53. The highest BCUT2D eigenvalue weighted by atomic mass is 16.5. The topological polar surface area (TPSA) is 38.9 Å². The summed E-state index contributed by atoms with van der Waals surface area (Å²) in [6, 6.07) is 0. The maximum Gasteiger partial charge on any atom is 0.232 e. The van der Waals surface area contributed by atoms with Gasteiger partial charge in [0.2, 0.25) is 5.89 Å². The van der Waals surface area contributed by atoms with Crippen LogP contribution in [0.5, 0.6) is 0 Å². The van der Waals surface area contributed by atoms with E-state index in [1.807, 2.05) is 6.92 Å². The molecule has 0 atom stereocenters. The molecule has 1 aromatic rings. The number of aromatic nitrogens is 2. The molecule has 3 heteroatoms. The van der Waals surface area contributed by atoms with Gasteiger partial charge in [0.1, 0.15) is 0 Å². The van der Waals surface area contributed by atoms with Crippen LogP contribution in [0.4, 0.5) is 0 Å². The molecule has 4 rings (SSSR count). The minimum Gasteiger partial charge on any atom is -0.339 e. The third-order valence-corrected chi connectivity index (χ3v) is 4.28. The number of rotatable bonds is 2. The van der Waals surface area contributed by atoms with Gasteiger partial charge in [-0.15, -0.1) is 0 Å². The smallest absolute Gasteiger partial charge is 0.232 e. The zero-order valence-corrected chi connectivity index (χ0v) is 9.00. The van der Waals surface area contributed by atoms with E-state index in [1.54, 1.807) is 0 Å². The van der Waals surface area contributed by atoms with Crippen LogP contribution in [0, 0.1) is 18.3 Å². The van der Waals surface area contributed by atoms with Gasteiger partial charge >= 0.3 is 0 Å². The molecule has 76 valence electrons. The van der Waals surface area contributed by atoms with Gasteiger partial charge in [-0.05, 0) is 37.5 Å². The molecule has 0 unspecified atom stereocenters. The third kappa shape index (κ3) is 0.787. The van der Waals surface area contributed by atoms with Crippen molar-refractivity contribution in [3.05, 3.63) is 11.7 Å². The molecule has 0 spiro atoms. The summed E-state index contributed by atoms with van der Waals surface area (Å²) in [4.78, 5) is 4.36. The molecule has 0 amide bonds. The zero-order valence-electron chi connectivity index (χ0n) is 9.00. The first-order valence-electron chi connectivity index (χ1n) is 5.37.